The van der Waals surface area contributed by atoms with Crippen molar-refractivity contribution >= 4 is 76.6 Å². The number of hydrogen-bond acceptors (Lipinski definition) is 5. The number of carboxylic acids is 1. The maximum Gasteiger partial charge on any atom is 0.337 e. The first-order valence-electron chi connectivity index (χ1n) is 6.87. The second-order valence-electron chi connectivity index (χ2n) is 4.45. The number of hydrogen-bond donors (Lipinski definition) is 1. The summed E-state index contributed by atoms with van der Waals surface area (Å²) in [6.07, 6.45) is 0. The van der Waals surface area contributed by atoms with Gasteiger partial charge in [-0.1, -0.05) is 23.2 Å². The van der Waals surface area contributed by atoms with Crippen molar-refractivity contribution < 1.29 is 28.4 Å². The first-order chi connectivity index (χ1) is 13.0. The molecule has 0 spiro atoms. The van der Waals surface area contributed by atoms with Gasteiger partial charge in [-0.25, -0.2) is 9.00 Å². The standard InChI is InChI=1S/C8H6Cl2O2.C8H7ClO3.Cl2OS/c2*1-12-5-2-3-6(8(10)11)7(9)4-5;1-4(2)3/h2-4H,1H3;2-4H,1H3,(H,10,11);. The van der Waals surface area contributed by atoms with E-state index in [-0.39, 0.29) is 10.6 Å². The molecule has 0 aliphatic rings. The van der Waals surface area contributed by atoms with Gasteiger partial charge in [-0.15, -0.1) is 0 Å². The van der Waals surface area contributed by atoms with Gasteiger partial charge in [0.25, 0.3) is 5.24 Å². The number of carboxylic acid groups (broad SMARTS) is 1. The molecule has 2 aromatic carbocycles. The second kappa shape index (κ2) is 13.9. The quantitative estimate of drug-likeness (QED) is 0.522. The molecule has 0 saturated carbocycles. The summed E-state index contributed by atoms with van der Waals surface area (Å²) in [7, 11) is 10.4. The zero-order valence-electron chi connectivity index (χ0n) is 14.3. The van der Waals surface area contributed by atoms with Crippen LogP contribution in [0.25, 0.3) is 0 Å². The summed E-state index contributed by atoms with van der Waals surface area (Å²) < 4.78 is 18.8. The van der Waals surface area contributed by atoms with Crippen LogP contribution in [0.2, 0.25) is 10.0 Å². The predicted molar refractivity (Wildman–Crippen MR) is 113 cm³/mol. The highest BCUT2D eigenvalue weighted by molar-refractivity contribution is 8.26. The van der Waals surface area contributed by atoms with Gasteiger partial charge in [0.2, 0.25) is 9.23 Å². The average Bonchev–Trinajstić information content (AvgIpc) is 2.60. The van der Waals surface area contributed by atoms with Gasteiger partial charge in [-0.2, -0.15) is 0 Å². The predicted octanol–water partition coefficient (Wildman–Crippen LogP) is 5.82. The molecular formula is C16H13Cl5O6S. The molecule has 0 aromatic heterocycles. The fourth-order valence-electron chi connectivity index (χ4n) is 1.58. The molecule has 0 atom stereocenters. The largest absolute Gasteiger partial charge is 0.497 e. The minimum Gasteiger partial charge on any atom is -0.497 e. The van der Waals surface area contributed by atoms with E-state index in [9.17, 15) is 9.59 Å². The highest BCUT2D eigenvalue weighted by atomic mass is 36.0. The fourth-order valence-corrected chi connectivity index (χ4v) is 2.30. The van der Waals surface area contributed by atoms with Gasteiger partial charge in [0.05, 0.1) is 35.4 Å². The van der Waals surface area contributed by atoms with Crippen LogP contribution >= 0.6 is 56.2 Å². The number of methoxy groups -OCH3 is 2. The van der Waals surface area contributed by atoms with Crippen molar-refractivity contribution in [2.45, 2.75) is 0 Å². The van der Waals surface area contributed by atoms with Crippen molar-refractivity contribution in [1.29, 1.82) is 0 Å². The van der Waals surface area contributed by atoms with Crippen LogP contribution in [-0.2, 0) is 9.23 Å². The summed E-state index contributed by atoms with van der Waals surface area (Å²) in [6, 6.07) is 9.11. The number of halogens is 5. The Balaban J connectivity index is 0.000000439. The lowest BCUT2D eigenvalue weighted by molar-refractivity contribution is 0.0697. The van der Waals surface area contributed by atoms with Gasteiger partial charge in [0, 0.05) is 21.4 Å². The number of carbonyl (C=O) groups is 2. The normalized spacial score (nSPS) is 9.43. The van der Waals surface area contributed by atoms with E-state index in [1.165, 1.54) is 38.5 Å². The van der Waals surface area contributed by atoms with Crippen LogP contribution in [0.3, 0.4) is 0 Å². The molecule has 12 heteroatoms. The second-order valence-corrected chi connectivity index (χ2v) is 8.14. The van der Waals surface area contributed by atoms with Crippen LogP contribution < -0.4 is 9.47 Å². The van der Waals surface area contributed by atoms with E-state index < -0.39 is 20.4 Å². The molecule has 6 nitrogen and oxygen atoms in total. The monoisotopic (exact) mass is 508 g/mol. The third-order valence-electron chi connectivity index (χ3n) is 2.79. The van der Waals surface area contributed by atoms with Crippen molar-refractivity contribution in [2.24, 2.45) is 0 Å². The molecule has 0 amide bonds. The van der Waals surface area contributed by atoms with Crippen molar-refractivity contribution in [1.82, 2.24) is 0 Å². The molecule has 2 aromatic rings. The molecule has 0 heterocycles. The van der Waals surface area contributed by atoms with E-state index in [2.05, 4.69) is 21.4 Å². The minimum atomic E-state index is -1.67. The molecule has 154 valence electrons. The van der Waals surface area contributed by atoms with E-state index in [1.807, 2.05) is 0 Å². The molecule has 0 bridgehead atoms. The van der Waals surface area contributed by atoms with Gasteiger partial charge in [0.1, 0.15) is 11.5 Å². The summed E-state index contributed by atoms with van der Waals surface area (Å²) in [4.78, 5) is 21.2. The Morgan fingerprint density at radius 3 is 1.50 bits per heavy atom. The first-order valence-corrected chi connectivity index (χ1v) is 10.8. The Morgan fingerprint density at radius 2 is 1.25 bits per heavy atom. The van der Waals surface area contributed by atoms with Crippen molar-refractivity contribution in [2.75, 3.05) is 14.2 Å². The van der Waals surface area contributed by atoms with E-state index in [4.69, 9.17) is 53.6 Å². The third-order valence-corrected chi connectivity index (χ3v) is 3.62. The number of carbonyl (C=O) groups excluding carboxylic acids is 1. The summed E-state index contributed by atoms with van der Waals surface area (Å²) >= 11 is 16.6. The topological polar surface area (TPSA) is 89.9 Å². The van der Waals surface area contributed by atoms with Gasteiger partial charge < -0.3 is 14.6 Å². The summed E-state index contributed by atoms with van der Waals surface area (Å²) in [6.45, 7) is 0. The average molecular weight is 511 g/mol. The van der Waals surface area contributed by atoms with Gasteiger partial charge in [0.15, 0.2) is 0 Å². The molecule has 0 unspecified atom stereocenters. The molecule has 0 fully saturated rings. The molecule has 0 aliphatic heterocycles. The van der Waals surface area contributed by atoms with E-state index in [0.717, 1.165) is 0 Å². The maximum atomic E-state index is 10.7. The number of aromatic carboxylic acids is 1. The zero-order valence-corrected chi connectivity index (χ0v) is 18.8. The molecule has 0 aliphatic carbocycles. The van der Waals surface area contributed by atoms with Crippen LogP contribution in [0.1, 0.15) is 20.7 Å². The van der Waals surface area contributed by atoms with E-state index in [1.54, 1.807) is 12.1 Å². The lowest BCUT2D eigenvalue weighted by Crippen LogP contribution is -1.97. The Morgan fingerprint density at radius 1 is 0.893 bits per heavy atom. The van der Waals surface area contributed by atoms with Gasteiger partial charge in [-0.05, 0) is 48.0 Å². The van der Waals surface area contributed by atoms with Crippen molar-refractivity contribution in [3.63, 3.8) is 0 Å². The third kappa shape index (κ3) is 10.4. The summed E-state index contributed by atoms with van der Waals surface area (Å²) in [5.74, 6) is 0.106. The smallest absolute Gasteiger partial charge is 0.337 e. The molecular weight excluding hydrogens is 498 g/mol. The lowest BCUT2D eigenvalue weighted by Gasteiger charge is -2.01. The van der Waals surface area contributed by atoms with Gasteiger partial charge in [-0.3, -0.25) is 4.79 Å². The summed E-state index contributed by atoms with van der Waals surface area (Å²) in [5.41, 5.74) is 0.372. The fraction of sp³-hybridized carbons (Fsp3) is 0.125. The maximum absolute atomic E-state index is 10.7. The first kappa shape index (κ1) is 26.8. The Labute approximate surface area is 187 Å². The van der Waals surface area contributed by atoms with Crippen molar-refractivity contribution in [3.8, 4) is 11.5 Å². The van der Waals surface area contributed by atoms with Crippen LogP contribution in [0.5, 0.6) is 11.5 Å². The zero-order chi connectivity index (χ0) is 21.9. The van der Waals surface area contributed by atoms with Crippen LogP contribution in [0.4, 0.5) is 0 Å². The Kier molecular flexibility index (Phi) is 13.3. The molecule has 1 N–H and O–H groups in total. The van der Waals surface area contributed by atoms with Crippen LogP contribution in [0.15, 0.2) is 36.4 Å². The highest BCUT2D eigenvalue weighted by Gasteiger charge is 2.08. The summed E-state index contributed by atoms with van der Waals surface area (Å²) in [5, 5.41) is 8.52. The lowest BCUT2D eigenvalue weighted by atomic mass is 10.2. The Bertz CT molecular complexity index is 779. The van der Waals surface area contributed by atoms with Gasteiger partial charge >= 0.3 is 5.97 Å². The van der Waals surface area contributed by atoms with E-state index in [0.29, 0.717) is 22.1 Å². The number of rotatable bonds is 4. The highest BCUT2D eigenvalue weighted by Crippen LogP contribution is 2.23. The number of benzene rings is 2. The Hall–Kier alpha value is -1.22. The van der Waals surface area contributed by atoms with Crippen molar-refractivity contribution in [3.05, 3.63) is 57.6 Å². The minimum absolute atomic E-state index is 0.0810. The SMILES string of the molecule is COc1ccc(C(=O)Cl)c(Cl)c1.COc1ccc(C(=O)O)c(Cl)c1.O=S(Cl)Cl. The van der Waals surface area contributed by atoms with Crippen LogP contribution in [0, 0.1) is 0 Å². The molecule has 0 saturated heterocycles. The number of ether oxygens (including phenoxy) is 2. The van der Waals surface area contributed by atoms with E-state index >= 15 is 0 Å². The molecule has 0 radical (unpaired) electrons. The molecule has 2 rings (SSSR count). The van der Waals surface area contributed by atoms with Crippen LogP contribution in [-0.4, -0.2) is 34.7 Å². The molecule has 28 heavy (non-hydrogen) atoms.